The highest BCUT2D eigenvalue weighted by molar-refractivity contribution is 5.19. The molecule has 0 saturated carbocycles. The summed E-state index contributed by atoms with van der Waals surface area (Å²) in [7, 11) is 4.13. The summed E-state index contributed by atoms with van der Waals surface area (Å²) in [5, 5.41) is 3.32. The maximum absolute atomic E-state index is 13.0. The molecule has 1 aliphatic heterocycles. The lowest BCUT2D eigenvalue weighted by Crippen LogP contribution is -2.33. The Morgan fingerprint density at radius 2 is 2.14 bits per heavy atom. The molecule has 0 bridgehead atoms. The van der Waals surface area contributed by atoms with Gasteiger partial charge < -0.3 is 15.0 Å². The van der Waals surface area contributed by atoms with Gasteiger partial charge in [0.1, 0.15) is 5.82 Å². The van der Waals surface area contributed by atoms with Crippen LogP contribution in [0.3, 0.4) is 0 Å². The van der Waals surface area contributed by atoms with Gasteiger partial charge in [-0.3, -0.25) is 0 Å². The molecule has 0 aliphatic carbocycles. The lowest BCUT2D eigenvalue weighted by Gasteiger charge is -2.28. The average Bonchev–Trinajstić information content (AvgIpc) is 2.50. The largest absolute Gasteiger partial charge is 0.381 e. The molecule has 0 radical (unpaired) electrons. The second-order valence-electron chi connectivity index (χ2n) is 6.03. The molecule has 1 N–H and O–H groups in total. The lowest BCUT2D eigenvalue weighted by molar-refractivity contribution is 0.0416. The van der Waals surface area contributed by atoms with Crippen LogP contribution in [0.1, 0.15) is 30.9 Å². The van der Waals surface area contributed by atoms with Gasteiger partial charge in [0.2, 0.25) is 0 Å². The Labute approximate surface area is 127 Å². The van der Waals surface area contributed by atoms with Crippen LogP contribution >= 0.6 is 0 Å². The quantitative estimate of drug-likeness (QED) is 0.837. The highest BCUT2D eigenvalue weighted by Gasteiger charge is 2.17. The van der Waals surface area contributed by atoms with Gasteiger partial charge in [0.05, 0.1) is 6.61 Å². The first kappa shape index (κ1) is 16.4. The van der Waals surface area contributed by atoms with E-state index in [4.69, 9.17) is 4.74 Å². The number of hydrogen-bond acceptors (Lipinski definition) is 3. The number of benzene rings is 1. The van der Waals surface area contributed by atoms with Gasteiger partial charge in [-0.2, -0.15) is 0 Å². The van der Waals surface area contributed by atoms with Crippen molar-refractivity contribution >= 4 is 0 Å². The molecule has 0 aromatic heterocycles. The van der Waals surface area contributed by atoms with E-state index >= 15 is 0 Å². The number of rotatable bonds is 7. The second kappa shape index (κ2) is 8.47. The van der Waals surface area contributed by atoms with E-state index in [-0.39, 0.29) is 11.9 Å². The van der Waals surface area contributed by atoms with Gasteiger partial charge in [0.15, 0.2) is 0 Å². The zero-order valence-corrected chi connectivity index (χ0v) is 13.1. The van der Waals surface area contributed by atoms with Crippen molar-refractivity contribution in [2.24, 2.45) is 5.92 Å². The molecule has 2 unspecified atom stereocenters. The van der Waals surface area contributed by atoms with Crippen LogP contribution in [0.25, 0.3) is 0 Å². The molecular weight excluding hydrogens is 267 g/mol. The maximum atomic E-state index is 13.0. The van der Waals surface area contributed by atoms with E-state index in [9.17, 15) is 4.39 Å². The van der Waals surface area contributed by atoms with Gasteiger partial charge in [-0.1, -0.05) is 12.1 Å². The van der Waals surface area contributed by atoms with E-state index in [1.165, 1.54) is 25.0 Å². The minimum Gasteiger partial charge on any atom is -0.381 e. The molecule has 118 valence electrons. The minimum atomic E-state index is -0.178. The van der Waals surface area contributed by atoms with E-state index in [2.05, 4.69) is 17.3 Å². The Bertz CT molecular complexity index is 404. The molecule has 1 aromatic rings. The third-order valence-corrected chi connectivity index (χ3v) is 4.24. The first-order chi connectivity index (χ1) is 10.2. The fourth-order valence-electron chi connectivity index (χ4n) is 3.01. The van der Waals surface area contributed by atoms with Gasteiger partial charge in [0, 0.05) is 19.2 Å². The van der Waals surface area contributed by atoms with Gasteiger partial charge in [-0.25, -0.2) is 4.39 Å². The molecule has 2 rings (SSSR count). The van der Waals surface area contributed by atoms with Gasteiger partial charge in [-0.15, -0.1) is 0 Å². The Morgan fingerprint density at radius 1 is 1.38 bits per heavy atom. The summed E-state index contributed by atoms with van der Waals surface area (Å²) in [6.07, 6.45) is 3.48. The second-order valence-corrected chi connectivity index (χ2v) is 6.03. The molecular formula is C17H27FN2O. The van der Waals surface area contributed by atoms with E-state index in [1.54, 1.807) is 0 Å². The van der Waals surface area contributed by atoms with Gasteiger partial charge in [0.25, 0.3) is 0 Å². The first-order valence-electron chi connectivity index (χ1n) is 7.88. The molecule has 1 aliphatic rings. The minimum absolute atomic E-state index is 0.178. The molecule has 1 aromatic carbocycles. The molecule has 0 amide bonds. The molecule has 1 saturated heterocycles. The molecule has 1 fully saturated rings. The van der Waals surface area contributed by atoms with Crippen LogP contribution < -0.4 is 5.32 Å². The molecule has 1 heterocycles. The highest BCUT2D eigenvalue weighted by Crippen LogP contribution is 2.19. The van der Waals surface area contributed by atoms with Crippen LogP contribution in [-0.2, 0) is 4.74 Å². The number of hydrogen-bond donors (Lipinski definition) is 1. The van der Waals surface area contributed by atoms with Crippen molar-refractivity contribution in [1.29, 1.82) is 0 Å². The fourth-order valence-corrected chi connectivity index (χ4v) is 3.01. The number of nitrogens with zero attached hydrogens (tertiary/aromatic N) is 1. The lowest BCUT2D eigenvalue weighted by atomic mass is 10.0. The predicted molar refractivity (Wildman–Crippen MR) is 83.9 cm³/mol. The summed E-state index contributed by atoms with van der Waals surface area (Å²) in [5.74, 6) is 0.491. The van der Waals surface area contributed by atoms with Gasteiger partial charge >= 0.3 is 0 Å². The predicted octanol–water partition coefficient (Wildman–Crippen LogP) is 2.83. The summed E-state index contributed by atoms with van der Waals surface area (Å²) in [6.45, 7) is 3.95. The standard InChI is InChI=1S/C17H27FN2O/c1-19-17(15-5-7-16(18)8-6-15)9-10-20(2)12-14-4-3-11-21-13-14/h5-8,14,17,19H,3-4,9-13H2,1-2H3. The number of nitrogens with one attached hydrogen (secondary N) is 1. The Kier molecular flexibility index (Phi) is 6.61. The Balaban J connectivity index is 1.77. The summed E-state index contributed by atoms with van der Waals surface area (Å²) in [4.78, 5) is 2.38. The Hall–Kier alpha value is -0.970. The number of ether oxygens (including phenoxy) is 1. The molecule has 21 heavy (non-hydrogen) atoms. The van der Waals surface area contributed by atoms with Crippen molar-refractivity contribution in [3.05, 3.63) is 35.6 Å². The topological polar surface area (TPSA) is 24.5 Å². The maximum Gasteiger partial charge on any atom is 0.123 e. The van der Waals surface area contributed by atoms with Crippen LogP contribution in [-0.4, -0.2) is 45.3 Å². The average molecular weight is 294 g/mol. The van der Waals surface area contributed by atoms with Crippen LogP contribution in [0.15, 0.2) is 24.3 Å². The highest BCUT2D eigenvalue weighted by atomic mass is 19.1. The van der Waals surface area contributed by atoms with Crippen molar-refractivity contribution in [1.82, 2.24) is 10.2 Å². The van der Waals surface area contributed by atoms with Crippen molar-refractivity contribution in [2.45, 2.75) is 25.3 Å². The van der Waals surface area contributed by atoms with Crippen LogP contribution in [0.5, 0.6) is 0 Å². The van der Waals surface area contributed by atoms with E-state index < -0.39 is 0 Å². The van der Waals surface area contributed by atoms with E-state index in [1.807, 2.05) is 19.2 Å². The zero-order valence-electron chi connectivity index (χ0n) is 13.1. The van der Waals surface area contributed by atoms with Crippen LogP contribution in [0.4, 0.5) is 4.39 Å². The molecule has 0 spiro atoms. The summed E-state index contributed by atoms with van der Waals surface area (Å²) in [6, 6.07) is 7.07. The van der Waals surface area contributed by atoms with Crippen molar-refractivity contribution in [2.75, 3.05) is 40.4 Å². The van der Waals surface area contributed by atoms with E-state index in [0.717, 1.165) is 38.3 Å². The van der Waals surface area contributed by atoms with E-state index in [0.29, 0.717) is 5.92 Å². The summed E-state index contributed by atoms with van der Waals surface area (Å²) >= 11 is 0. The van der Waals surface area contributed by atoms with Crippen LogP contribution in [0, 0.1) is 11.7 Å². The zero-order chi connectivity index (χ0) is 15.1. The fraction of sp³-hybridized carbons (Fsp3) is 0.647. The number of halogens is 1. The Morgan fingerprint density at radius 3 is 2.76 bits per heavy atom. The first-order valence-corrected chi connectivity index (χ1v) is 7.88. The van der Waals surface area contributed by atoms with Crippen molar-refractivity contribution < 1.29 is 9.13 Å². The molecule has 4 heteroatoms. The van der Waals surface area contributed by atoms with Crippen LogP contribution in [0.2, 0.25) is 0 Å². The van der Waals surface area contributed by atoms with Crippen molar-refractivity contribution in [3.63, 3.8) is 0 Å². The third-order valence-electron chi connectivity index (χ3n) is 4.24. The van der Waals surface area contributed by atoms with Crippen molar-refractivity contribution in [3.8, 4) is 0 Å². The normalized spacial score (nSPS) is 20.7. The monoisotopic (exact) mass is 294 g/mol. The van der Waals surface area contributed by atoms with Gasteiger partial charge in [-0.05, 0) is 63.5 Å². The molecule has 3 nitrogen and oxygen atoms in total. The summed E-state index contributed by atoms with van der Waals surface area (Å²) in [5.41, 5.74) is 1.15. The smallest absolute Gasteiger partial charge is 0.123 e. The SMILES string of the molecule is CNC(CCN(C)CC1CCCOC1)c1ccc(F)cc1. The summed E-state index contributed by atoms with van der Waals surface area (Å²) < 4.78 is 18.5. The third kappa shape index (κ3) is 5.38. The molecule has 2 atom stereocenters.